The lowest BCUT2D eigenvalue weighted by Gasteiger charge is -2.26. The van der Waals surface area contributed by atoms with Crippen LogP contribution in [0.3, 0.4) is 0 Å². The van der Waals surface area contributed by atoms with Gasteiger partial charge in [0.25, 0.3) is 0 Å². The zero-order valence-electron chi connectivity index (χ0n) is 24.8. The molecular formula is C28H50N2O8. The van der Waals surface area contributed by atoms with Crippen LogP contribution in [-0.4, -0.2) is 65.0 Å². The van der Waals surface area contributed by atoms with Gasteiger partial charge >= 0.3 is 12.1 Å². The summed E-state index contributed by atoms with van der Waals surface area (Å²) < 4.78 is 10.9. The Bertz CT molecular complexity index is 796. The normalized spacial score (nSPS) is 14.4. The van der Waals surface area contributed by atoms with Crippen molar-refractivity contribution in [2.24, 2.45) is 17.8 Å². The molecule has 0 bridgehead atoms. The van der Waals surface area contributed by atoms with Crippen molar-refractivity contribution in [3.63, 3.8) is 0 Å². The van der Waals surface area contributed by atoms with E-state index in [2.05, 4.69) is 10.6 Å². The van der Waals surface area contributed by atoms with Gasteiger partial charge < -0.3 is 30.0 Å². The predicted molar refractivity (Wildman–Crippen MR) is 145 cm³/mol. The number of amides is 2. The number of carbonyl (C=O) groups excluding carboxylic acids is 4. The number of carboxylic acids is 1. The van der Waals surface area contributed by atoms with Crippen molar-refractivity contribution in [3.05, 3.63) is 0 Å². The molecule has 0 radical (unpaired) electrons. The monoisotopic (exact) mass is 542 g/mol. The summed E-state index contributed by atoms with van der Waals surface area (Å²) in [4.78, 5) is 61.7. The van der Waals surface area contributed by atoms with Crippen LogP contribution < -0.4 is 10.6 Å². The molecular weight excluding hydrogens is 492 g/mol. The molecule has 10 nitrogen and oxygen atoms in total. The first-order valence-corrected chi connectivity index (χ1v) is 13.5. The van der Waals surface area contributed by atoms with Gasteiger partial charge in [-0.3, -0.25) is 14.4 Å². The number of ether oxygens (including phenoxy) is 2. The number of aliphatic carboxylic acids is 1. The highest BCUT2D eigenvalue weighted by Gasteiger charge is 2.31. The van der Waals surface area contributed by atoms with Crippen molar-refractivity contribution >= 4 is 29.5 Å². The summed E-state index contributed by atoms with van der Waals surface area (Å²) in [5.41, 5.74) is -1.13. The van der Waals surface area contributed by atoms with Crippen molar-refractivity contribution in [3.8, 4) is 0 Å². The summed E-state index contributed by atoms with van der Waals surface area (Å²) in [6.07, 6.45) is 0.845. The highest BCUT2D eigenvalue weighted by Crippen LogP contribution is 2.19. The largest absolute Gasteiger partial charge is 0.481 e. The molecule has 0 heterocycles. The van der Waals surface area contributed by atoms with Gasteiger partial charge in [0.2, 0.25) is 5.91 Å². The van der Waals surface area contributed by atoms with Crippen molar-refractivity contribution in [2.75, 3.05) is 13.2 Å². The van der Waals surface area contributed by atoms with Gasteiger partial charge in [-0.1, -0.05) is 13.8 Å². The second kappa shape index (κ2) is 16.5. The van der Waals surface area contributed by atoms with Gasteiger partial charge in [0.05, 0.1) is 30.1 Å². The Balaban J connectivity index is 5.42. The molecule has 0 unspecified atom stereocenters. The molecule has 0 saturated heterocycles. The second-order valence-corrected chi connectivity index (χ2v) is 12.3. The Hall–Kier alpha value is -2.49. The second-order valence-electron chi connectivity index (χ2n) is 12.3. The van der Waals surface area contributed by atoms with E-state index in [-0.39, 0.29) is 43.4 Å². The zero-order chi connectivity index (χ0) is 29.7. The fraction of sp³-hybridized carbons (Fsp3) is 0.821. The Morgan fingerprint density at radius 1 is 0.868 bits per heavy atom. The van der Waals surface area contributed by atoms with E-state index in [9.17, 15) is 29.1 Å². The van der Waals surface area contributed by atoms with Crippen LogP contribution in [0.25, 0.3) is 0 Å². The van der Waals surface area contributed by atoms with Gasteiger partial charge in [-0.25, -0.2) is 4.79 Å². The number of hydrogen-bond donors (Lipinski definition) is 3. The van der Waals surface area contributed by atoms with Crippen molar-refractivity contribution in [1.82, 2.24) is 10.6 Å². The minimum Gasteiger partial charge on any atom is -0.481 e. The van der Waals surface area contributed by atoms with Crippen LogP contribution in [0.2, 0.25) is 0 Å². The van der Waals surface area contributed by atoms with E-state index >= 15 is 0 Å². The van der Waals surface area contributed by atoms with Crippen molar-refractivity contribution in [1.29, 1.82) is 0 Å². The van der Waals surface area contributed by atoms with Gasteiger partial charge in [-0.05, 0) is 80.1 Å². The molecule has 0 saturated carbocycles. The highest BCUT2D eigenvalue weighted by atomic mass is 16.6. The average Bonchev–Trinajstić information content (AvgIpc) is 2.72. The Labute approximate surface area is 228 Å². The maximum absolute atomic E-state index is 13.2. The number of ketones is 2. The molecule has 3 atom stereocenters. The first-order valence-electron chi connectivity index (χ1n) is 13.5. The van der Waals surface area contributed by atoms with Crippen LogP contribution in [-0.2, 0) is 28.7 Å². The lowest BCUT2D eigenvalue weighted by atomic mass is 9.89. The molecule has 0 aromatic heterocycles. The summed E-state index contributed by atoms with van der Waals surface area (Å²) in [5, 5.41) is 15.0. The highest BCUT2D eigenvalue weighted by molar-refractivity contribution is 5.93. The van der Waals surface area contributed by atoms with Crippen LogP contribution in [0.4, 0.5) is 4.79 Å². The van der Waals surface area contributed by atoms with E-state index in [0.717, 1.165) is 0 Å². The number of unbranched alkanes of at least 4 members (excludes halogenated alkanes) is 1. The average molecular weight is 543 g/mol. The van der Waals surface area contributed by atoms with Crippen LogP contribution >= 0.6 is 0 Å². The van der Waals surface area contributed by atoms with E-state index in [1.165, 1.54) is 6.92 Å². The molecule has 0 aromatic carbocycles. The fourth-order valence-corrected chi connectivity index (χ4v) is 3.73. The summed E-state index contributed by atoms with van der Waals surface area (Å²) >= 11 is 0. The summed E-state index contributed by atoms with van der Waals surface area (Å²) in [7, 11) is 0. The first kappa shape index (κ1) is 35.5. The SMILES string of the molecule is CC(=O)C[C@@H](COC(C)(C)C)C(=O)N[C@@H](CCCCNC(=O)OC(C)(C)C)C(=O)C[C@@H](CC(C)C)C(=O)O. The number of alkyl carbamates (subject to hydrolysis) is 1. The Kier molecular flexibility index (Phi) is 15.4. The van der Waals surface area contributed by atoms with E-state index < -0.39 is 47.0 Å². The van der Waals surface area contributed by atoms with Crippen molar-refractivity contribution in [2.45, 2.75) is 118 Å². The number of carboxylic acid groups (broad SMARTS) is 1. The zero-order valence-corrected chi connectivity index (χ0v) is 24.8. The van der Waals surface area contributed by atoms with E-state index in [1.807, 2.05) is 34.6 Å². The number of nitrogens with one attached hydrogen (secondary N) is 2. The molecule has 38 heavy (non-hydrogen) atoms. The standard InChI is InChI=1S/C28H50N2O8/c1-18(2)14-20(25(34)35)16-23(32)22(12-10-11-13-29-26(36)38-28(7,8)9)30-24(33)21(15-19(3)31)17-37-27(4,5)6/h18,20-22H,10-17H2,1-9H3,(H,29,36)(H,30,33)(H,34,35)/t20-,21+,22+/m1/s1. The van der Waals surface area contributed by atoms with Gasteiger partial charge in [-0.2, -0.15) is 0 Å². The smallest absolute Gasteiger partial charge is 0.407 e. The Morgan fingerprint density at radius 2 is 1.47 bits per heavy atom. The van der Waals surface area contributed by atoms with Gasteiger partial charge in [0.1, 0.15) is 11.4 Å². The Morgan fingerprint density at radius 3 is 1.95 bits per heavy atom. The molecule has 0 spiro atoms. The third-order valence-electron chi connectivity index (χ3n) is 5.47. The third kappa shape index (κ3) is 17.9. The van der Waals surface area contributed by atoms with E-state index in [0.29, 0.717) is 25.8 Å². The van der Waals surface area contributed by atoms with Crippen LogP contribution in [0.1, 0.15) is 101 Å². The molecule has 0 fully saturated rings. The molecule has 220 valence electrons. The van der Waals surface area contributed by atoms with Crippen LogP contribution in [0.15, 0.2) is 0 Å². The van der Waals surface area contributed by atoms with Gasteiger partial charge in [-0.15, -0.1) is 0 Å². The first-order chi connectivity index (χ1) is 17.3. The number of hydrogen-bond acceptors (Lipinski definition) is 7. The lowest BCUT2D eigenvalue weighted by molar-refractivity contribution is -0.144. The number of rotatable bonds is 17. The molecule has 0 aliphatic rings. The number of carbonyl (C=O) groups is 5. The fourth-order valence-electron chi connectivity index (χ4n) is 3.73. The predicted octanol–water partition coefficient (Wildman–Crippen LogP) is 4.28. The van der Waals surface area contributed by atoms with E-state index in [1.54, 1.807) is 20.8 Å². The summed E-state index contributed by atoms with van der Waals surface area (Å²) in [5.74, 6) is -3.62. The summed E-state index contributed by atoms with van der Waals surface area (Å²) in [6.45, 7) is 16.3. The topological polar surface area (TPSA) is 148 Å². The minimum absolute atomic E-state index is 0.0146. The van der Waals surface area contributed by atoms with Crippen molar-refractivity contribution < 1.29 is 38.6 Å². The summed E-state index contributed by atoms with van der Waals surface area (Å²) in [6, 6.07) is -0.915. The maximum atomic E-state index is 13.2. The van der Waals surface area contributed by atoms with E-state index in [4.69, 9.17) is 9.47 Å². The quantitative estimate of drug-likeness (QED) is 0.231. The minimum atomic E-state index is -1.05. The van der Waals surface area contributed by atoms with Crippen LogP contribution in [0, 0.1) is 17.8 Å². The molecule has 0 aliphatic carbocycles. The molecule has 3 N–H and O–H groups in total. The van der Waals surface area contributed by atoms with Crippen LogP contribution in [0.5, 0.6) is 0 Å². The molecule has 0 aliphatic heterocycles. The van der Waals surface area contributed by atoms with Gasteiger partial charge in [0.15, 0.2) is 5.78 Å². The molecule has 10 heteroatoms. The maximum Gasteiger partial charge on any atom is 0.407 e. The molecule has 2 amide bonds. The lowest BCUT2D eigenvalue weighted by Crippen LogP contribution is -2.46. The molecule has 0 aromatic rings. The molecule has 0 rings (SSSR count). The third-order valence-corrected chi connectivity index (χ3v) is 5.47. The van der Waals surface area contributed by atoms with Gasteiger partial charge in [0, 0.05) is 19.4 Å². The number of Topliss-reactive ketones (excluding diaryl/α,β-unsaturated/α-hetero) is 2.